The Kier molecular flexibility index (Phi) is 4.40. The monoisotopic (exact) mass is 282 g/mol. The molecule has 0 aliphatic carbocycles. The maximum absolute atomic E-state index is 5.50. The first-order valence-corrected chi connectivity index (χ1v) is 8.29. The van der Waals surface area contributed by atoms with Crippen molar-refractivity contribution < 1.29 is 4.52 Å². The lowest BCUT2D eigenvalue weighted by atomic mass is 10.2. The predicted molar refractivity (Wildman–Crippen MR) is 76.2 cm³/mol. The van der Waals surface area contributed by atoms with Gasteiger partial charge in [0.05, 0.1) is 11.3 Å². The average Bonchev–Trinajstić information content (AvgIpc) is 2.98. The molecule has 19 heavy (non-hydrogen) atoms. The Morgan fingerprint density at radius 1 is 1.37 bits per heavy atom. The molecule has 2 unspecified atom stereocenters. The number of piperazine rings is 1. The summed E-state index contributed by atoms with van der Waals surface area (Å²) in [6.45, 7) is 6.36. The van der Waals surface area contributed by atoms with Crippen LogP contribution in [0.15, 0.2) is 4.52 Å². The van der Waals surface area contributed by atoms with E-state index in [-0.39, 0.29) is 6.04 Å². The van der Waals surface area contributed by atoms with Crippen molar-refractivity contribution in [3.8, 4) is 0 Å². The second kappa shape index (κ2) is 6.24. The number of rotatable bonds is 3. The Bertz CT molecular complexity index is 399. The van der Waals surface area contributed by atoms with Gasteiger partial charge in [-0.1, -0.05) is 11.6 Å². The van der Waals surface area contributed by atoms with Crippen molar-refractivity contribution in [3.63, 3.8) is 0 Å². The van der Waals surface area contributed by atoms with E-state index in [1.165, 1.54) is 25.0 Å². The Balaban J connectivity index is 1.65. The van der Waals surface area contributed by atoms with E-state index in [0.29, 0.717) is 5.25 Å². The first kappa shape index (κ1) is 13.4. The molecule has 2 fully saturated rings. The van der Waals surface area contributed by atoms with Crippen molar-refractivity contribution in [2.24, 2.45) is 0 Å². The molecule has 3 rings (SSSR count). The second-order valence-corrected chi connectivity index (χ2v) is 6.62. The van der Waals surface area contributed by atoms with Crippen LogP contribution in [0.3, 0.4) is 0 Å². The van der Waals surface area contributed by atoms with Gasteiger partial charge in [0, 0.05) is 26.2 Å². The van der Waals surface area contributed by atoms with Crippen LogP contribution in [0.4, 0.5) is 0 Å². The third-order valence-electron chi connectivity index (χ3n) is 3.98. The number of hydrogen-bond acceptors (Lipinski definition) is 6. The molecule has 3 heterocycles. The van der Waals surface area contributed by atoms with Gasteiger partial charge in [-0.05, 0) is 25.5 Å². The first-order valence-electron chi connectivity index (χ1n) is 7.24. The van der Waals surface area contributed by atoms with Crippen LogP contribution in [0.1, 0.15) is 49.2 Å². The molecular weight excluding hydrogens is 260 g/mol. The van der Waals surface area contributed by atoms with Crippen molar-refractivity contribution in [2.75, 3.05) is 31.9 Å². The topological polar surface area (TPSA) is 54.2 Å². The van der Waals surface area contributed by atoms with Gasteiger partial charge in [-0.25, -0.2) is 0 Å². The molecule has 5 nitrogen and oxygen atoms in total. The smallest absolute Gasteiger partial charge is 0.243 e. The van der Waals surface area contributed by atoms with E-state index < -0.39 is 0 Å². The van der Waals surface area contributed by atoms with Gasteiger partial charge in [0.25, 0.3) is 0 Å². The number of nitrogens with zero attached hydrogens (tertiary/aromatic N) is 3. The fraction of sp³-hybridized carbons (Fsp3) is 0.846. The van der Waals surface area contributed by atoms with Crippen molar-refractivity contribution in [1.82, 2.24) is 20.4 Å². The molecule has 2 saturated heterocycles. The van der Waals surface area contributed by atoms with Crippen molar-refractivity contribution in [2.45, 2.75) is 37.5 Å². The fourth-order valence-corrected chi connectivity index (χ4v) is 3.95. The molecule has 0 aromatic carbocycles. The molecule has 1 N–H and O–H groups in total. The van der Waals surface area contributed by atoms with E-state index in [1.54, 1.807) is 0 Å². The van der Waals surface area contributed by atoms with Crippen LogP contribution >= 0.6 is 11.8 Å². The van der Waals surface area contributed by atoms with Crippen molar-refractivity contribution >= 4 is 11.8 Å². The van der Waals surface area contributed by atoms with Crippen molar-refractivity contribution in [1.29, 1.82) is 0 Å². The summed E-state index contributed by atoms with van der Waals surface area (Å²) in [5.74, 6) is 2.91. The zero-order valence-electron chi connectivity index (χ0n) is 11.5. The second-order valence-electron chi connectivity index (χ2n) is 5.31. The Hall–Kier alpha value is -0.590. The van der Waals surface area contributed by atoms with Gasteiger partial charge in [-0.3, -0.25) is 4.90 Å². The highest BCUT2D eigenvalue weighted by Crippen LogP contribution is 2.37. The maximum Gasteiger partial charge on any atom is 0.243 e. The summed E-state index contributed by atoms with van der Waals surface area (Å²) in [7, 11) is 0. The molecule has 1 aromatic rings. The Morgan fingerprint density at radius 3 is 2.95 bits per heavy atom. The zero-order chi connectivity index (χ0) is 13.1. The third-order valence-corrected chi connectivity index (χ3v) is 5.36. The Morgan fingerprint density at radius 2 is 2.21 bits per heavy atom. The van der Waals surface area contributed by atoms with Crippen molar-refractivity contribution in [3.05, 3.63) is 11.7 Å². The predicted octanol–water partition coefficient (Wildman–Crippen LogP) is 1.99. The highest BCUT2D eigenvalue weighted by molar-refractivity contribution is 7.99. The summed E-state index contributed by atoms with van der Waals surface area (Å²) in [4.78, 5) is 7.05. The highest BCUT2D eigenvalue weighted by Gasteiger charge is 2.26. The number of nitrogens with one attached hydrogen (secondary N) is 1. The molecule has 2 aliphatic heterocycles. The first-order chi connectivity index (χ1) is 9.34. The molecule has 1 aromatic heterocycles. The standard InChI is InChI=1S/C13H22N4OS/c1-10(17-7-5-14-6-8-17)13-15-12(16-18-13)11-4-2-3-9-19-11/h10-11,14H,2-9H2,1H3. The van der Waals surface area contributed by atoms with E-state index in [1.807, 2.05) is 11.8 Å². The summed E-state index contributed by atoms with van der Waals surface area (Å²) in [6, 6.07) is 0.233. The molecule has 2 atom stereocenters. The summed E-state index contributed by atoms with van der Waals surface area (Å²) >= 11 is 1.97. The molecule has 0 saturated carbocycles. The van der Waals surface area contributed by atoms with E-state index in [4.69, 9.17) is 4.52 Å². The Labute approximate surface area is 118 Å². The largest absolute Gasteiger partial charge is 0.338 e. The highest BCUT2D eigenvalue weighted by atomic mass is 32.2. The summed E-state index contributed by atoms with van der Waals surface area (Å²) in [6.07, 6.45) is 3.80. The van der Waals surface area contributed by atoms with E-state index in [2.05, 4.69) is 27.3 Å². The van der Waals surface area contributed by atoms with Crippen LogP contribution in [0.2, 0.25) is 0 Å². The van der Waals surface area contributed by atoms with Crippen LogP contribution in [0.25, 0.3) is 0 Å². The van der Waals surface area contributed by atoms with Crippen LogP contribution in [-0.2, 0) is 0 Å². The molecular formula is C13H22N4OS. The van der Waals surface area contributed by atoms with Crippen LogP contribution in [0, 0.1) is 0 Å². The number of hydrogen-bond donors (Lipinski definition) is 1. The number of thioether (sulfide) groups is 1. The average molecular weight is 282 g/mol. The molecule has 0 radical (unpaired) electrons. The molecule has 0 amide bonds. The van der Waals surface area contributed by atoms with Gasteiger partial charge in [0.15, 0.2) is 5.82 Å². The molecule has 6 heteroatoms. The molecule has 0 spiro atoms. The van der Waals surface area contributed by atoms with Crippen LogP contribution < -0.4 is 5.32 Å². The lowest BCUT2D eigenvalue weighted by Gasteiger charge is -2.30. The fourth-order valence-electron chi connectivity index (χ4n) is 2.72. The SMILES string of the molecule is CC(c1nc(C2CCCCS2)no1)N1CCNCC1. The van der Waals surface area contributed by atoms with Gasteiger partial charge in [-0.2, -0.15) is 16.7 Å². The maximum atomic E-state index is 5.50. The molecule has 106 valence electrons. The van der Waals surface area contributed by atoms with Gasteiger partial charge in [0.2, 0.25) is 5.89 Å². The lowest BCUT2D eigenvalue weighted by Crippen LogP contribution is -2.44. The molecule has 2 aliphatic rings. The normalized spacial score (nSPS) is 27.3. The molecule has 0 bridgehead atoms. The van der Waals surface area contributed by atoms with E-state index in [9.17, 15) is 0 Å². The van der Waals surface area contributed by atoms with Gasteiger partial charge >= 0.3 is 0 Å². The lowest BCUT2D eigenvalue weighted by molar-refractivity contribution is 0.154. The minimum Gasteiger partial charge on any atom is -0.338 e. The quantitative estimate of drug-likeness (QED) is 0.915. The minimum atomic E-state index is 0.233. The van der Waals surface area contributed by atoms with Crippen LogP contribution in [0.5, 0.6) is 0 Å². The van der Waals surface area contributed by atoms with E-state index in [0.717, 1.165) is 37.9 Å². The summed E-state index contributed by atoms with van der Waals surface area (Å²) in [5.41, 5.74) is 0. The van der Waals surface area contributed by atoms with Gasteiger partial charge in [0.1, 0.15) is 0 Å². The van der Waals surface area contributed by atoms with E-state index >= 15 is 0 Å². The minimum absolute atomic E-state index is 0.233. The summed E-state index contributed by atoms with van der Waals surface area (Å²) < 4.78 is 5.50. The summed E-state index contributed by atoms with van der Waals surface area (Å²) in [5, 5.41) is 8.02. The third kappa shape index (κ3) is 3.12. The van der Waals surface area contributed by atoms with Crippen LogP contribution in [-0.4, -0.2) is 47.0 Å². The van der Waals surface area contributed by atoms with Gasteiger partial charge in [-0.15, -0.1) is 0 Å². The number of aromatic nitrogens is 2. The van der Waals surface area contributed by atoms with Gasteiger partial charge < -0.3 is 9.84 Å². The zero-order valence-corrected chi connectivity index (χ0v) is 12.3.